The second-order valence-corrected chi connectivity index (χ2v) is 6.33. The number of amides is 1. The van der Waals surface area contributed by atoms with Crippen LogP contribution in [0.4, 0.5) is 0 Å². The topological polar surface area (TPSA) is 54.9 Å². The molecule has 0 unspecified atom stereocenters. The van der Waals surface area contributed by atoms with Gasteiger partial charge in [-0.3, -0.25) is 9.69 Å². The zero-order valence-electron chi connectivity index (χ0n) is 15.4. The first kappa shape index (κ1) is 18.2. The van der Waals surface area contributed by atoms with Gasteiger partial charge in [0.05, 0.1) is 14.2 Å². The Bertz CT molecular complexity index is 733. The van der Waals surface area contributed by atoms with Crippen molar-refractivity contribution in [2.24, 2.45) is 0 Å². The highest BCUT2D eigenvalue weighted by atomic mass is 16.5. The van der Waals surface area contributed by atoms with E-state index in [0.717, 1.165) is 38.3 Å². The molecule has 1 amide bonds. The minimum absolute atomic E-state index is 0.0127. The van der Waals surface area contributed by atoms with E-state index >= 15 is 0 Å². The number of carbonyl (C=O) groups is 1. The van der Waals surface area contributed by atoms with E-state index in [1.165, 1.54) is 12.7 Å². The normalized spacial score (nSPS) is 15.4. The van der Waals surface area contributed by atoms with Gasteiger partial charge >= 0.3 is 0 Å². The van der Waals surface area contributed by atoms with Gasteiger partial charge in [0, 0.05) is 38.9 Å². The molecule has 1 aromatic carbocycles. The van der Waals surface area contributed by atoms with Crippen LogP contribution in [0.3, 0.4) is 0 Å². The summed E-state index contributed by atoms with van der Waals surface area (Å²) in [4.78, 5) is 21.3. The Morgan fingerprint density at radius 2 is 1.85 bits per heavy atom. The predicted molar refractivity (Wildman–Crippen MR) is 99.6 cm³/mol. The third-order valence-electron chi connectivity index (χ3n) is 4.64. The van der Waals surface area contributed by atoms with E-state index in [4.69, 9.17) is 9.47 Å². The van der Waals surface area contributed by atoms with Crippen LogP contribution in [0.1, 0.15) is 22.3 Å². The highest BCUT2D eigenvalue weighted by molar-refractivity contribution is 5.96. The van der Waals surface area contributed by atoms with Crippen LogP contribution in [-0.2, 0) is 6.54 Å². The van der Waals surface area contributed by atoms with Crippen LogP contribution in [0.15, 0.2) is 42.6 Å². The summed E-state index contributed by atoms with van der Waals surface area (Å²) in [6, 6.07) is 11.7. The molecule has 0 spiro atoms. The number of hydrogen-bond donors (Lipinski definition) is 0. The maximum absolute atomic E-state index is 12.8. The standard InChI is InChI=1S/C20H25N3O3/c1-25-17-8-6-16(7-9-17)15-22-11-4-12-23(14-13-22)20(24)18-5-3-10-21-19(18)26-2/h3,5-10H,4,11-15H2,1-2H3. The molecule has 0 bridgehead atoms. The molecule has 0 radical (unpaired) electrons. The fourth-order valence-corrected chi connectivity index (χ4v) is 3.21. The molecule has 138 valence electrons. The van der Waals surface area contributed by atoms with E-state index in [2.05, 4.69) is 22.0 Å². The molecule has 1 aliphatic heterocycles. The molecule has 1 fully saturated rings. The Balaban J connectivity index is 1.61. The fourth-order valence-electron chi connectivity index (χ4n) is 3.21. The number of nitrogens with zero attached hydrogens (tertiary/aromatic N) is 3. The van der Waals surface area contributed by atoms with Gasteiger partial charge in [0.15, 0.2) is 0 Å². The maximum Gasteiger partial charge on any atom is 0.259 e. The SMILES string of the molecule is COc1ccc(CN2CCCN(C(=O)c3cccnc3OC)CC2)cc1. The van der Waals surface area contributed by atoms with Crippen molar-refractivity contribution < 1.29 is 14.3 Å². The molecule has 6 heteroatoms. The average molecular weight is 355 g/mol. The molecule has 0 saturated carbocycles. The third-order valence-corrected chi connectivity index (χ3v) is 4.64. The van der Waals surface area contributed by atoms with Crippen LogP contribution in [0.2, 0.25) is 0 Å². The summed E-state index contributed by atoms with van der Waals surface area (Å²) in [6.07, 6.45) is 2.58. The number of benzene rings is 1. The Labute approximate surface area is 154 Å². The molecule has 2 aromatic rings. The van der Waals surface area contributed by atoms with E-state index in [9.17, 15) is 4.79 Å². The van der Waals surface area contributed by atoms with Crippen molar-refractivity contribution in [3.05, 3.63) is 53.7 Å². The Kier molecular flexibility index (Phi) is 6.07. The zero-order chi connectivity index (χ0) is 18.4. The lowest BCUT2D eigenvalue weighted by Crippen LogP contribution is -2.35. The zero-order valence-corrected chi connectivity index (χ0v) is 15.4. The summed E-state index contributed by atoms with van der Waals surface area (Å²) in [6.45, 7) is 4.14. The predicted octanol–water partition coefficient (Wildman–Crippen LogP) is 2.45. The number of carbonyl (C=O) groups excluding carboxylic acids is 1. The van der Waals surface area contributed by atoms with Crippen molar-refractivity contribution in [2.75, 3.05) is 40.4 Å². The molecule has 1 saturated heterocycles. The van der Waals surface area contributed by atoms with Crippen LogP contribution < -0.4 is 9.47 Å². The van der Waals surface area contributed by atoms with Gasteiger partial charge in [-0.2, -0.15) is 0 Å². The minimum Gasteiger partial charge on any atom is -0.497 e. The fraction of sp³-hybridized carbons (Fsp3) is 0.400. The highest BCUT2D eigenvalue weighted by Gasteiger charge is 2.23. The Morgan fingerprint density at radius 1 is 1.04 bits per heavy atom. The second-order valence-electron chi connectivity index (χ2n) is 6.33. The van der Waals surface area contributed by atoms with Crippen molar-refractivity contribution in [2.45, 2.75) is 13.0 Å². The van der Waals surface area contributed by atoms with Crippen LogP contribution in [0.5, 0.6) is 11.6 Å². The maximum atomic E-state index is 12.8. The monoisotopic (exact) mass is 355 g/mol. The highest BCUT2D eigenvalue weighted by Crippen LogP contribution is 2.18. The van der Waals surface area contributed by atoms with Crippen molar-refractivity contribution in [1.82, 2.24) is 14.8 Å². The average Bonchev–Trinajstić information content (AvgIpc) is 2.93. The van der Waals surface area contributed by atoms with E-state index in [1.54, 1.807) is 25.4 Å². The number of aromatic nitrogens is 1. The summed E-state index contributed by atoms with van der Waals surface area (Å²) in [5.41, 5.74) is 1.78. The summed E-state index contributed by atoms with van der Waals surface area (Å²) in [5.74, 6) is 1.24. The second kappa shape index (κ2) is 8.67. The molecule has 2 heterocycles. The summed E-state index contributed by atoms with van der Waals surface area (Å²) >= 11 is 0. The van der Waals surface area contributed by atoms with Gasteiger partial charge in [-0.15, -0.1) is 0 Å². The molecular formula is C20H25N3O3. The van der Waals surface area contributed by atoms with Gasteiger partial charge in [-0.05, 0) is 36.2 Å². The van der Waals surface area contributed by atoms with E-state index in [1.807, 2.05) is 17.0 Å². The van der Waals surface area contributed by atoms with Gasteiger partial charge in [0.25, 0.3) is 5.91 Å². The number of methoxy groups -OCH3 is 2. The quantitative estimate of drug-likeness (QED) is 0.825. The van der Waals surface area contributed by atoms with Gasteiger partial charge < -0.3 is 14.4 Å². The minimum atomic E-state index is -0.0127. The lowest BCUT2D eigenvalue weighted by molar-refractivity contribution is 0.0757. The van der Waals surface area contributed by atoms with E-state index in [-0.39, 0.29) is 5.91 Å². The Hall–Kier alpha value is -2.60. The molecule has 1 aliphatic rings. The smallest absolute Gasteiger partial charge is 0.259 e. The van der Waals surface area contributed by atoms with Crippen LogP contribution in [0, 0.1) is 0 Å². The number of ether oxygens (including phenoxy) is 2. The van der Waals surface area contributed by atoms with E-state index < -0.39 is 0 Å². The third kappa shape index (κ3) is 4.32. The molecule has 0 N–H and O–H groups in total. The van der Waals surface area contributed by atoms with Crippen LogP contribution in [-0.4, -0.2) is 61.1 Å². The van der Waals surface area contributed by atoms with E-state index in [0.29, 0.717) is 18.0 Å². The molecule has 1 aromatic heterocycles. The first-order chi connectivity index (χ1) is 12.7. The van der Waals surface area contributed by atoms with Crippen molar-refractivity contribution in [3.8, 4) is 11.6 Å². The molecule has 0 aliphatic carbocycles. The van der Waals surface area contributed by atoms with Crippen molar-refractivity contribution >= 4 is 5.91 Å². The molecular weight excluding hydrogens is 330 g/mol. The van der Waals surface area contributed by atoms with Gasteiger partial charge in [0.2, 0.25) is 5.88 Å². The number of pyridine rings is 1. The van der Waals surface area contributed by atoms with Gasteiger partial charge in [-0.1, -0.05) is 12.1 Å². The lowest BCUT2D eigenvalue weighted by atomic mass is 10.2. The summed E-state index contributed by atoms with van der Waals surface area (Å²) in [5, 5.41) is 0. The summed E-state index contributed by atoms with van der Waals surface area (Å²) in [7, 11) is 3.21. The van der Waals surface area contributed by atoms with Crippen molar-refractivity contribution in [3.63, 3.8) is 0 Å². The molecule has 6 nitrogen and oxygen atoms in total. The number of rotatable bonds is 5. The number of hydrogen-bond acceptors (Lipinski definition) is 5. The molecule has 26 heavy (non-hydrogen) atoms. The van der Waals surface area contributed by atoms with Crippen LogP contribution >= 0.6 is 0 Å². The Morgan fingerprint density at radius 3 is 2.58 bits per heavy atom. The molecule has 0 atom stereocenters. The summed E-state index contributed by atoms with van der Waals surface area (Å²) < 4.78 is 10.4. The van der Waals surface area contributed by atoms with Gasteiger partial charge in [-0.25, -0.2) is 4.98 Å². The largest absolute Gasteiger partial charge is 0.497 e. The molecule has 3 rings (SSSR count). The van der Waals surface area contributed by atoms with Crippen molar-refractivity contribution in [1.29, 1.82) is 0 Å². The van der Waals surface area contributed by atoms with Gasteiger partial charge in [0.1, 0.15) is 11.3 Å². The lowest BCUT2D eigenvalue weighted by Gasteiger charge is -2.22. The first-order valence-corrected chi connectivity index (χ1v) is 8.85. The van der Waals surface area contributed by atoms with Crippen LogP contribution in [0.25, 0.3) is 0 Å². The first-order valence-electron chi connectivity index (χ1n) is 8.85.